The van der Waals surface area contributed by atoms with Gasteiger partial charge in [-0.1, -0.05) is 23.2 Å². The minimum Gasteiger partial charge on any atom is -0.489 e. The van der Waals surface area contributed by atoms with Gasteiger partial charge in [0.1, 0.15) is 6.67 Å². The fraction of sp³-hybridized carbons (Fsp3) is 0.160. The van der Waals surface area contributed by atoms with Crippen molar-refractivity contribution in [3.05, 3.63) is 64.5 Å². The number of aromatic amines is 2. The molecule has 2 aromatic heterocycles. The molecule has 34 heavy (non-hydrogen) atoms. The number of fused-ring (bicyclic) bond motifs is 6. The van der Waals surface area contributed by atoms with Crippen LogP contribution >= 0.6 is 23.2 Å². The van der Waals surface area contributed by atoms with Gasteiger partial charge in [-0.15, -0.1) is 0 Å². The summed E-state index contributed by atoms with van der Waals surface area (Å²) in [5.74, 6) is 0.168. The lowest BCUT2D eigenvalue weighted by Gasteiger charge is -2.21. The van der Waals surface area contributed by atoms with Crippen molar-refractivity contribution in [1.82, 2.24) is 14.9 Å². The second-order valence-electron chi connectivity index (χ2n) is 8.36. The topological polar surface area (TPSA) is 82.4 Å². The summed E-state index contributed by atoms with van der Waals surface area (Å²) in [5.41, 5.74) is 9.23. The van der Waals surface area contributed by atoms with E-state index in [1.54, 1.807) is 4.90 Å². The minimum absolute atomic E-state index is 0.0561. The first kappa shape index (κ1) is 21.1. The highest BCUT2D eigenvalue weighted by atomic mass is 35.5. The molecule has 6 rings (SSSR count). The van der Waals surface area contributed by atoms with Crippen molar-refractivity contribution in [1.29, 1.82) is 0 Å². The highest BCUT2D eigenvalue weighted by Gasteiger charge is 2.18. The summed E-state index contributed by atoms with van der Waals surface area (Å²) in [5, 5.41) is 5.43. The van der Waals surface area contributed by atoms with Gasteiger partial charge < -0.3 is 25.3 Å². The quantitative estimate of drug-likeness (QED) is 0.244. The predicted octanol–water partition coefficient (Wildman–Crippen LogP) is 6.47. The van der Waals surface area contributed by atoms with E-state index in [9.17, 15) is 4.39 Å². The van der Waals surface area contributed by atoms with Gasteiger partial charge in [0, 0.05) is 55.4 Å². The van der Waals surface area contributed by atoms with Crippen molar-refractivity contribution >= 4 is 72.6 Å². The Balaban J connectivity index is 1.40. The molecule has 0 radical (unpaired) electrons. The van der Waals surface area contributed by atoms with Gasteiger partial charge in [-0.05, 0) is 48.9 Å². The molecule has 4 N–H and O–H groups in total. The fourth-order valence-electron chi connectivity index (χ4n) is 4.53. The Labute approximate surface area is 203 Å². The zero-order valence-electron chi connectivity index (χ0n) is 18.0. The van der Waals surface area contributed by atoms with Gasteiger partial charge in [0.05, 0.1) is 17.6 Å². The van der Waals surface area contributed by atoms with Crippen LogP contribution in [0, 0.1) is 0 Å². The summed E-state index contributed by atoms with van der Waals surface area (Å²) in [6.45, 7) is 1.37. The van der Waals surface area contributed by atoms with E-state index in [1.807, 2.05) is 36.4 Å². The van der Waals surface area contributed by atoms with E-state index in [2.05, 4.69) is 21.0 Å². The number of aliphatic imine (C=N–C) groups is 1. The maximum atomic E-state index is 13.7. The molecule has 1 aliphatic rings. The van der Waals surface area contributed by atoms with Gasteiger partial charge in [0.15, 0.2) is 17.4 Å². The minimum atomic E-state index is -0.507. The van der Waals surface area contributed by atoms with Gasteiger partial charge in [0.25, 0.3) is 0 Å². The standard InChI is InChI=1S/C25H20Cl2FN5O/c26-13-2-4-20-15(8-13)17-10-18-16-9-14(27)3-5-21(16)32-23(18)24(22(17)31-20)34-7-1-6-33-11-19(28)25(29)30-12-33/h2-5,8-11,31-32H,1,6-7,12H2,(H2,29,30). The average molecular weight is 496 g/mol. The van der Waals surface area contributed by atoms with Crippen molar-refractivity contribution in [3.8, 4) is 5.75 Å². The summed E-state index contributed by atoms with van der Waals surface area (Å²) in [4.78, 5) is 12.7. The number of halogens is 3. The Morgan fingerprint density at radius 2 is 1.56 bits per heavy atom. The first-order valence-corrected chi connectivity index (χ1v) is 11.6. The summed E-state index contributed by atoms with van der Waals surface area (Å²) in [6.07, 6.45) is 2.07. The average Bonchev–Trinajstić information content (AvgIpc) is 3.36. The van der Waals surface area contributed by atoms with E-state index in [0.717, 1.165) is 49.4 Å². The monoisotopic (exact) mass is 495 g/mol. The van der Waals surface area contributed by atoms with Crippen LogP contribution in [0.25, 0.3) is 43.6 Å². The first-order chi connectivity index (χ1) is 16.5. The van der Waals surface area contributed by atoms with Crippen molar-refractivity contribution in [2.45, 2.75) is 6.42 Å². The van der Waals surface area contributed by atoms with E-state index in [4.69, 9.17) is 33.7 Å². The summed E-state index contributed by atoms with van der Waals surface area (Å²) < 4.78 is 20.1. The summed E-state index contributed by atoms with van der Waals surface area (Å²) >= 11 is 12.6. The van der Waals surface area contributed by atoms with Gasteiger partial charge in [-0.2, -0.15) is 0 Å². The van der Waals surface area contributed by atoms with Gasteiger partial charge in [0.2, 0.25) is 0 Å². The fourth-order valence-corrected chi connectivity index (χ4v) is 4.87. The number of ether oxygens (including phenoxy) is 1. The lowest BCUT2D eigenvalue weighted by molar-refractivity contribution is 0.279. The molecular formula is C25H20Cl2FN5O. The molecule has 1 aliphatic heterocycles. The molecule has 3 aromatic carbocycles. The van der Waals surface area contributed by atoms with Crippen LogP contribution in [-0.2, 0) is 0 Å². The number of amidine groups is 1. The number of hydrogen-bond acceptors (Lipinski definition) is 4. The molecule has 6 nitrogen and oxygen atoms in total. The highest BCUT2D eigenvalue weighted by Crippen LogP contribution is 2.41. The molecule has 0 fully saturated rings. The van der Waals surface area contributed by atoms with Gasteiger partial charge in [-0.25, -0.2) is 9.38 Å². The molecule has 0 bridgehead atoms. The second kappa shape index (κ2) is 8.11. The van der Waals surface area contributed by atoms with Crippen molar-refractivity contribution in [2.24, 2.45) is 10.7 Å². The second-order valence-corrected chi connectivity index (χ2v) is 9.23. The highest BCUT2D eigenvalue weighted by molar-refractivity contribution is 6.33. The first-order valence-electron chi connectivity index (χ1n) is 10.9. The Kier molecular flexibility index (Phi) is 5.04. The molecule has 0 aliphatic carbocycles. The van der Waals surface area contributed by atoms with Gasteiger partial charge in [-0.3, -0.25) is 0 Å². The van der Waals surface area contributed by atoms with Crippen molar-refractivity contribution in [2.75, 3.05) is 19.8 Å². The maximum Gasteiger partial charge on any atom is 0.180 e. The normalized spacial score (nSPS) is 14.4. The number of nitrogens with two attached hydrogens (primary N) is 1. The van der Waals surface area contributed by atoms with E-state index in [1.165, 1.54) is 6.20 Å². The molecule has 0 amide bonds. The Morgan fingerprint density at radius 1 is 0.941 bits per heavy atom. The summed E-state index contributed by atoms with van der Waals surface area (Å²) in [7, 11) is 0. The maximum absolute atomic E-state index is 13.7. The van der Waals surface area contributed by atoms with Crippen LogP contribution in [-0.4, -0.2) is 40.5 Å². The van der Waals surface area contributed by atoms with Crippen LogP contribution in [0.4, 0.5) is 4.39 Å². The third-order valence-electron chi connectivity index (χ3n) is 6.14. The SMILES string of the molecule is NC1=NCN(CCCOc2c3[nH]c4ccc(Cl)cc4c3cc3c2[nH]c2ccc(Cl)cc23)C=C1F. The van der Waals surface area contributed by atoms with Crippen molar-refractivity contribution in [3.63, 3.8) is 0 Å². The number of hydrogen-bond donors (Lipinski definition) is 3. The molecule has 0 atom stereocenters. The zero-order chi connectivity index (χ0) is 23.4. The van der Waals surface area contributed by atoms with Crippen LogP contribution in [0.2, 0.25) is 10.0 Å². The van der Waals surface area contributed by atoms with Crippen LogP contribution < -0.4 is 10.5 Å². The molecule has 0 saturated carbocycles. The zero-order valence-corrected chi connectivity index (χ0v) is 19.5. The lowest BCUT2D eigenvalue weighted by Crippen LogP contribution is -2.28. The van der Waals surface area contributed by atoms with Crippen LogP contribution in [0.5, 0.6) is 5.75 Å². The summed E-state index contributed by atoms with van der Waals surface area (Å²) in [6, 6.07) is 13.7. The number of benzene rings is 3. The number of aromatic nitrogens is 2. The number of nitrogens with zero attached hydrogens (tertiary/aromatic N) is 2. The predicted molar refractivity (Wildman–Crippen MR) is 138 cm³/mol. The van der Waals surface area contributed by atoms with E-state index in [0.29, 0.717) is 36.3 Å². The van der Waals surface area contributed by atoms with E-state index < -0.39 is 5.83 Å². The van der Waals surface area contributed by atoms with Crippen molar-refractivity contribution < 1.29 is 9.13 Å². The molecule has 172 valence electrons. The Morgan fingerprint density at radius 3 is 2.15 bits per heavy atom. The molecule has 0 saturated heterocycles. The molecule has 0 spiro atoms. The number of nitrogens with one attached hydrogen (secondary N) is 2. The molecular weight excluding hydrogens is 476 g/mol. The third-order valence-corrected chi connectivity index (χ3v) is 6.61. The van der Waals surface area contributed by atoms with E-state index >= 15 is 0 Å². The van der Waals surface area contributed by atoms with E-state index in [-0.39, 0.29) is 5.84 Å². The van der Waals surface area contributed by atoms with Crippen LogP contribution in [0.1, 0.15) is 6.42 Å². The molecule has 0 unspecified atom stereocenters. The number of rotatable bonds is 5. The smallest absolute Gasteiger partial charge is 0.180 e. The molecule has 3 heterocycles. The third kappa shape index (κ3) is 3.52. The Hall–Kier alpha value is -3.42. The van der Waals surface area contributed by atoms with Crippen LogP contribution in [0.15, 0.2) is 59.5 Å². The number of H-pyrrole nitrogens is 2. The lowest BCUT2D eigenvalue weighted by atomic mass is 10.1. The van der Waals surface area contributed by atoms with Gasteiger partial charge >= 0.3 is 0 Å². The molecule has 5 aromatic rings. The Bertz CT molecular complexity index is 1560. The largest absolute Gasteiger partial charge is 0.489 e. The van der Waals surface area contributed by atoms with Crippen LogP contribution in [0.3, 0.4) is 0 Å². The molecule has 9 heteroatoms.